The molecule has 0 bridgehead atoms. The largest absolute Gasteiger partial charge is 0.382 e. The average Bonchev–Trinajstić information content (AvgIpc) is 2.89. The summed E-state index contributed by atoms with van der Waals surface area (Å²) in [4.78, 5) is 0. The van der Waals surface area contributed by atoms with Gasteiger partial charge in [0.1, 0.15) is 24.0 Å². The van der Waals surface area contributed by atoms with E-state index in [9.17, 15) is 13.5 Å². The van der Waals surface area contributed by atoms with Crippen LogP contribution in [0.25, 0.3) is 0 Å². The van der Waals surface area contributed by atoms with Gasteiger partial charge in [0.15, 0.2) is 0 Å². The molecule has 4 rings (SSSR count). The minimum Gasteiger partial charge on any atom is -0.382 e. The number of hydrogen-bond donors (Lipinski definition) is 2. The van der Waals surface area contributed by atoms with Gasteiger partial charge in [-0.1, -0.05) is 91.0 Å². The summed E-state index contributed by atoms with van der Waals surface area (Å²) in [7, 11) is -3.64. The van der Waals surface area contributed by atoms with E-state index in [1.165, 1.54) is 0 Å². The van der Waals surface area contributed by atoms with Gasteiger partial charge in [-0.05, 0) is 16.7 Å². The average molecular weight is 528 g/mol. The highest BCUT2D eigenvalue weighted by Crippen LogP contribution is 2.31. The van der Waals surface area contributed by atoms with E-state index in [2.05, 4.69) is 4.72 Å². The highest BCUT2D eigenvalue weighted by atomic mass is 32.2. The Morgan fingerprint density at radius 3 is 1.84 bits per heavy atom. The van der Waals surface area contributed by atoms with Crippen molar-refractivity contribution in [3.05, 3.63) is 108 Å². The van der Waals surface area contributed by atoms with Crippen molar-refractivity contribution in [3.63, 3.8) is 0 Å². The minimum atomic E-state index is -3.64. The van der Waals surface area contributed by atoms with Gasteiger partial charge in [0.2, 0.25) is 10.0 Å². The Morgan fingerprint density at radius 1 is 0.838 bits per heavy atom. The molecule has 8 nitrogen and oxygen atoms in total. The molecular formula is C28H33NO7S. The van der Waals surface area contributed by atoms with E-state index in [0.29, 0.717) is 0 Å². The van der Waals surface area contributed by atoms with Crippen molar-refractivity contribution in [2.75, 3.05) is 19.5 Å². The van der Waals surface area contributed by atoms with Crippen LogP contribution in [0, 0.1) is 0 Å². The molecule has 198 valence electrons. The fourth-order valence-corrected chi connectivity index (χ4v) is 4.81. The van der Waals surface area contributed by atoms with Gasteiger partial charge in [-0.2, -0.15) is 4.72 Å². The second-order valence-electron chi connectivity index (χ2n) is 9.18. The summed E-state index contributed by atoms with van der Waals surface area (Å²) < 4.78 is 50.9. The summed E-state index contributed by atoms with van der Waals surface area (Å²) >= 11 is 0. The van der Waals surface area contributed by atoms with Crippen LogP contribution in [0.2, 0.25) is 0 Å². The highest BCUT2D eigenvalue weighted by Gasteiger charge is 2.52. The van der Waals surface area contributed by atoms with Gasteiger partial charge in [0.05, 0.1) is 39.3 Å². The molecule has 0 aliphatic carbocycles. The van der Waals surface area contributed by atoms with E-state index in [1.54, 1.807) is 0 Å². The molecule has 3 aromatic rings. The third kappa shape index (κ3) is 8.18. The van der Waals surface area contributed by atoms with Gasteiger partial charge >= 0.3 is 0 Å². The Bertz CT molecular complexity index is 1190. The van der Waals surface area contributed by atoms with E-state index < -0.39 is 34.1 Å². The molecule has 37 heavy (non-hydrogen) atoms. The fourth-order valence-electron chi connectivity index (χ4n) is 4.18. The first-order valence-electron chi connectivity index (χ1n) is 12.1. The summed E-state index contributed by atoms with van der Waals surface area (Å²) in [5, 5.41) is 11.7. The molecule has 0 spiro atoms. The lowest BCUT2D eigenvalue weighted by molar-refractivity contribution is -0.278. The van der Waals surface area contributed by atoms with Gasteiger partial charge < -0.3 is 24.1 Å². The molecule has 0 radical (unpaired) electrons. The molecule has 9 heteroatoms. The molecule has 0 aromatic heterocycles. The van der Waals surface area contributed by atoms with Crippen LogP contribution < -0.4 is 4.72 Å². The zero-order chi connectivity index (χ0) is 26.1. The summed E-state index contributed by atoms with van der Waals surface area (Å²) in [5.74, 6) is 0. The zero-order valence-electron chi connectivity index (χ0n) is 20.7. The third-order valence-corrected chi connectivity index (χ3v) is 6.65. The molecule has 1 saturated heterocycles. The summed E-state index contributed by atoms with van der Waals surface area (Å²) in [5.41, 5.74) is 1.14. The van der Waals surface area contributed by atoms with Crippen LogP contribution in [0.4, 0.5) is 0 Å². The molecule has 4 unspecified atom stereocenters. The fraction of sp³-hybridized carbons (Fsp3) is 0.357. The highest BCUT2D eigenvalue weighted by molar-refractivity contribution is 7.88. The van der Waals surface area contributed by atoms with E-state index in [-0.39, 0.29) is 33.0 Å². The van der Waals surface area contributed by atoms with Crippen LogP contribution in [-0.4, -0.2) is 57.0 Å². The first-order valence-corrected chi connectivity index (χ1v) is 14.0. The predicted octanol–water partition coefficient (Wildman–Crippen LogP) is 3.01. The van der Waals surface area contributed by atoms with E-state index in [0.717, 1.165) is 22.9 Å². The monoisotopic (exact) mass is 527 g/mol. The van der Waals surface area contributed by atoms with Crippen LogP contribution in [0.15, 0.2) is 91.0 Å². The van der Waals surface area contributed by atoms with Crippen molar-refractivity contribution in [1.29, 1.82) is 0 Å². The minimum absolute atomic E-state index is 0.0991. The molecule has 1 aliphatic rings. The molecule has 1 heterocycles. The third-order valence-electron chi connectivity index (χ3n) is 5.99. The number of benzene rings is 3. The summed E-state index contributed by atoms with van der Waals surface area (Å²) in [6.45, 7) is 0.332. The Kier molecular flexibility index (Phi) is 9.44. The maximum absolute atomic E-state index is 12.1. The van der Waals surface area contributed by atoms with E-state index in [4.69, 9.17) is 18.9 Å². The van der Waals surface area contributed by atoms with Crippen molar-refractivity contribution < 1.29 is 32.5 Å². The van der Waals surface area contributed by atoms with Gasteiger partial charge in [-0.15, -0.1) is 0 Å². The lowest BCUT2D eigenvalue weighted by Crippen LogP contribution is -2.67. The quantitative estimate of drug-likeness (QED) is 0.373. The number of rotatable bonds is 12. The van der Waals surface area contributed by atoms with Crippen molar-refractivity contribution in [2.24, 2.45) is 0 Å². The van der Waals surface area contributed by atoms with Crippen LogP contribution in [-0.2, 0) is 48.8 Å². The lowest BCUT2D eigenvalue weighted by Gasteiger charge is -2.46. The smallest absolute Gasteiger partial charge is 0.210 e. The predicted molar refractivity (Wildman–Crippen MR) is 139 cm³/mol. The molecule has 1 fully saturated rings. The number of sulfonamides is 1. The van der Waals surface area contributed by atoms with E-state index in [1.807, 2.05) is 91.0 Å². The molecular weight excluding hydrogens is 494 g/mol. The standard InChI is InChI=1S/C28H33NO7S/c1-37(31,32)29-27-25(34-18-23-13-7-3-8-14-23)26(35-19-24-15-9-4-10-16-24)28(30,21-36-27)20-33-17-22-11-5-2-6-12-22/h2-16,25-27,29-30H,17-21H2,1H3. The second-order valence-corrected chi connectivity index (χ2v) is 11.0. The maximum atomic E-state index is 12.1. The first kappa shape index (κ1) is 27.4. The Balaban J connectivity index is 1.57. The van der Waals surface area contributed by atoms with Gasteiger partial charge in [0.25, 0.3) is 0 Å². The van der Waals surface area contributed by atoms with E-state index >= 15 is 0 Å². The molecule has 4 atom stereocenters. The molecule has 0 saturated carbocycles. The second kappa shape index (κ2) is 12.7. The molecule has 3 aromatic carbocycles. The number of aliphatic hydroxyl groups is 1. The summed E-state index contributed by atoms with van der Waals surface area (Å²) in [6.07, 6.45) is -1.93. The Morgan fingerprint density at radius 2 is 1.32 bits per heavy atom. The Labute approximate surface area is 218 Å². The molecule has 2 N–H and O–H groups in total. The topological polar surface area (TPSA) is 103 Å². The SMILES string of the molecule is CS(=O)(=O)NC1OCC(O)(COCc2ccccc2)C(OCc2ccccc2)C1OCc1ccccc1. The first-order chi connectivity index (χ1) is 17.8. The van der Waals surface area contributed by atoms with Crippen LogP contribution in [0.5, 0.6) is 0 Å². The maximum Gasteiger partial charge on any atom is 0.210 e. The lowest BCUT2D eigenvalue weighted by atomic mass is 9.90. The van der Waals surface area contributed by atoms with Crippen LogP contribution in [0.1, 0.15) is 16.7 Å². The van der Waals surface area contributed by atoms with Crippen molar-refractivity contribution in [1.82, 2.24) is 4.72 Å². The van der Waals surface area contributed by atoms with Crippen LogP contribution in [0.3, 0.4) is 0 Å². The van der Waals surface area contributed by atoms with Gasteiger partial charge in [0, 0.05) is 0 Å². The molecule has 0 amide bonds. The van der Waals surface area contributed by atoms with Crippen molar-refractivity contribution in [3.8, 4) is 0 Å². The number of hydrogen-bond acceptors (Lipinski definition) is 7. The molecule has 1 aliphatic heterocycles. The number of ether oxygens (including phenoxy) is 4. The Hall–Kier alpha value is -2.63. The van der Waals surface area contributed by atoms with Gasteiger partial charge in [-0.3, -0.25) is 0 Å². The number of nitrogens with one attached hydrogen (secondary N) is 1. The zero-order valence-corrected chi connectivity index (χ0v) is 21.5. The normalized spacial score (nSPS) is 24.1. The van der Waals surface area contributed by atoms with Crippen molar-refractivity contribution in [2.45, 2.75) is 43.9 Å². The van der Waals surface area contributed by atoms with Crippen molar-refractivity contribution >= 4 is 10.0 Å². The van der Waals surface area contributed by atoms with Crippen LogP contribution >= 0.6 is 0 Å². The van der Waals surface area contributed by atoms with Gasteiger partial charge in [-0.25, -0.2) is 8.42 Å². The summed E-state index contributed by atoms with van der Waals surface area (Å²) in [6, 6.07) is 28.6.